The van der Waals surface area contributed by atoms with Crippen LogP contribution in [0.4, 0.5) is 5.69 Å². The van der Waals surface area contributed by atoms with Crippen molar-refractivity contribution in [1.82, 2.24) is 14.8 Å². The molecule has 2 amide bonds. The summed E-state index contributed by atoms with van der Waals surface area (Å²) in [6, 6.07) is 24.2. The first-order chi connectivity index (χ1) is 22.4. The van der Waals surface area contributed by atoms with Crippen LogP contribution in [0.1, 0.15) is 63.4 Å². The van der Waals surface area contributed by atoms with Gasteiger partial charge in [0.05, 0.1) is 33.2 Å². The number of nitro groups is 1. The number of carbonyl (C=O) groups excluding carboxylic acids is 2. The van der Waals surface area contributed by atoms with Gasteiger partial charge < -0.3 is 14.8 Å². The van der Waals surface area contributed by atoms with E-state index < -0.39 is 4.92 Å². The summed E-state index contributed by atoms with van der Waals surface area (Å²) in [4.78, 5) is 50.1. The number of non-ortho nitro benzene ring substituents is 1. The molecular weight excluding hydrogens is 590 g/mol. The van der Waals surface area contributed by atoms with Crippen LogP contribution in [0.5, 0.6) is 0 Å². The summed E-state index contributed by atoms with van der Waals surface area (Å²) in [6.07, 6.45) is 0. The number of likely N-dealkylation sites (N-methyl/N-ethyl adjacent to an activating group) is 1. The van der Waals surface area contributed by atoms with Crippen LogP contribution in [-0.4, -0.2) is 51.3 Å². The lowest BCUT2D eigenvalue weighted by Crippen LogP contribution is -2.29. The van der Waals surface area contributed by atoms with Crippen LogP contribution in [0.15, 0.2) is 101 Å². The SMILES string of the molecule is CC1=NC(=C(c2ccccc2)c2[nH]c(C)c(C(=O)N(C)Cc3ccc([N+](=O)[O-])cc3)c2C)C(C)=C1C(=O)N(C)Cc1ccc(C)cc1. The fourth-order valence-electron chi connectivity index (χ4n) is 6.07. The number of aryl methyl sites for hydroxylation is 2. The Hall–Kier alpha value is -5.57. The predicted molar refractivity (Wildman–Crippen MR) is 185 cm³/mol. The number of allylic oxidation sites excluding steroid dienone is 1. The average molecular weight is 630 g/mol. The molecule has 0 aliphatic carbocycles. The maximum absolute atomic E-state index is 13.9. The topological polar surface area (TPSA) is 112 Å². The molecule has 47 heavy (non-hydrogen) atoms. The van der Waals surface area contributed by atoms with Crippen LogP contribution in [0, 0.1) is 30.9 Å². The molecule has 9 nitrogen and oxygen atoms in total. The zero-order chi connectivity index (χ0) is 34.0. The number of aromatic nitrogens is 1. The highest BCUT2D eigenvalue weighted by atomic mass is 16.6. The van der Waals surface area contributed by atoms with Crippen LogP contribution >= 0.6 is 0 Å². The second-order valence-corrected chi connectivity index (χ2v) is 12.1. The summed E-state index contributed by atoms with van der Waals surface area (Å²) in [6.45, 7) is 10.4. The highest BCUT2D eigenvalue weighted by Crippen LogP contribution is 2.39. The highest BCUT2D eigenvalue weighted by Gasteiger charge is 2.31. The first kappa shape index (κ1) is 32.8. The quantitative estimate of drug-likeness (QED) is 0.154. The third kappa shape index (κ3) is 6.70. The molecule has 240 valence electrons. The number of carbonyl (C=O) groups is 2. The molecule has 1 aromatic heterocycles. The number of hydrogen-bond acceptors (Lipinski definition) is 5. The first-order valence-corrected chi connectivity index (χ1v) is 15.4. The van der Waals surface area contributed by atoms with E-state index in [4.69, 9.17) is 4.99 Å². The van der Waals surface area contributed by atoms with Crippen LogP contribution in [-0.2, 0) is 17.9 Å². The van der Waals surface area contributed by atoms with Gasteiger partial charge in [0.1, 0.15) is 0 Å². The zero-order valence-corrected chi connectivity index (χ0v) is 27.8. The summed E-state index contributed by atoms with van der Waals surface area (Å²) in [5.74, 6) is -0.278. The van der Waals surface area contributed by atoms with Crippen molar-refractivity contribution in [2.75, 3.05) is 14.1 Å². The molecule has 1 N–H and O–H groups in total. The van der Waals surface area contributed by atoms with Gasteiger partial charge in [-0.25, -0.2) is 0 Å². The van der Waals surface area contributed by atoms with Crippen molar-refractivity contribution in [1.29, 1.82) is 0 Å². The van der Waals surface area contributed by atoms with E-state index in [-0.39, 0.29) is 24.0 Å². The lowest BCUT2D eigenvalue weighted by molar-refractivity contribution is -0.384. The van der Waals surface area contributed by atoms with Gasteiger partial charge in [0.2, 0.25) is 0 Å². The van der Waals surface area contributed by atoms with Gasteiger partial charge in [0, 0.05) is 50.6 Å². The second kappa shape index (κ2) is 13.4. The Morgan fingerprint density at radius 1 is 0.787 bits per heavy atom. The van der Waals surface area contributed by atoms with Crippen molar-refractivity contribution in [2.24, 2.45) is 4.99 Å². The van der Waals surface area contributed by atoms with E-state index in [2.05, 4.69) is 4.98 Å². The van der Waals surface area contributed by atoms with Crippen molar-refractivity contribution in [3.63, 3.8) is 0 Å². The van der Waals surface area contributed by atoms with Crippen LogP contribution in [0.25, 0.3) is 5.57 Å². The average Bonchev–Trinajstić information content (AvgIpc) is 3.51. The van der Waals surface area contributed by atoms with Gasteiger partial charge in [-0.2, -0.15) is 0 Å². The zero-order valence-electron chi connectivity index (χ0n) is 27.8. The largest absolute Gasteiger partial charge is 0.358 e. The van der Waals surface area contributed by atoms with E-state index in [9.17, 15) is 19.7 Å². The number of benzene rings is 3. The number of amides is 2. The Kier molecular flexibility index (Phi) is 9.37. The molecule has 0 spiro atoms. The molecule has 1 aliphatic rings. The number of aliphatic imine (C=N–C) groups is 1. The fraction of sp³-hybridized carbons (Fsp3) is 0.237. The van der Waals surface area contributed by atoms with Crippen molar-refractivity contribution in [3.05, 3.63) is 151 Å². The van der Waals surface area contributed by atoms with Crippen LogP contribution in [0.3, 0.4) is 0 Å². The molecule has 1 aliphatic heterocycles. The third-order valence-electron chi connectivity index (χ3n) is 8.59. The Bertz CT molecular complexity index is 1950. The number of H-pyrrole nitrogens is 1. The third-order valence-corrected chi connectivity index (χ3v) is 8.59. The summed E-state index contributed by atoms with van der Waals surface area (Å²) in [5, 5.41) is 11.1. The van der Waals surface area contributed by atoms with E-state index in [0.717, 1.165) is 39.1 Å². The molecule has 0 saturated carbocycles. The van der Waals surface area contributed by atoms with Crippen molar-refractivity contribution >= 4 is 28.8 Å². The van der Waals surface area contributed by atoms with Crippen molar-refractivity contribution < 1.29 is 14.5 Å². The first-order valence-electron chi connectivity index (χ1n) is 15.4. The fourth-order valence-corrected chi connectivity index (χ4v) is 6.07. The minimum absolute atomic E-state index is 0.00287. The van der Waals surface area contributed by atoms with Gasteiger partial charge in [-0.1, -0.05) is 72.3 Å². The molecule has 2 heterocycles. The number of aromatic amines is 1. The summed E-state index contributed by atoms with van der Waals surface area (Å²) in [7, 11) is 3.52. The van der Waals surface area contributed by atoms with E-state index >= 15 is 0 Å². The minimum atomic E-state index is -0.444. The van der Waals surface area contributed by atoms with Gasteiger partial charge in [-0.15, -0.1) is 0 Å². The number of nitro benzene ring substituents is 1. The molecule has 0 atom stereocenters. The normalized spacial score (nSPS) is 13.8. The Morgan fingerprint density at radius 3 is 1.91 bits per heavy atom. The molecule has 9 heteroatoms. The lowest BCUT2D eigenvalue weighted by atomic mass is 9.93. The molecule has 0 bridgehead atoms. The molecule has 0 fully saturated rings. The second-order valence-electron chi connectivity index (χ2n) is 12.1. The number of nitrogens with one attached hydrogen (secondary N) is 1. The van der Waals surface area contributed by atoms with Gasteiger partial charge in [-0.05, 0) is 62.4 Å². The number of rotatable bonds is 9. The molecule has 0 saturated heterocycles. The van der Waals surface area contributed by atoms with Crippen molar-refractivity contribution in [2.45, 2.75) is 47.7 Å². The van der Waals surface area contributed by atoms with Gasteiger partial charge >= 0.3 is 0 Å². The Morgan fingerprint density at radius 2 is 1.34 bits per heavy atom. The van der Waals surface area contributed by atoms with Crippen LogP contribution in [0.2, 0.25) is 0 Å². The lowest BCUT2D eigenvalue weighted by Gasteiger charge is -2.19. The Balaban J connectivity index is 1.53. The van der Waals surface area contributed by atoms with E-state index in [0.29, 0.717) is 34.8 Å². The van der Waals surface area contributed by atoms with Gasteiger partial charge in [-0.3, -0.25) is 24.7 Å². The predicted octanol–water partition coefficient (Wildman–Crippen LogP) is 7.33. The Labute approximate surface area is 275 Å². The number of hydrogen-bond donors (Lipinski definition) is 1. The minimum Gasteiger partial charge on any atom is -0.358 e. The molecular formula is C38H39N5O4. The van der Waals surface area contributed by atoms with Gasteiger partial charge in [0.15, 0.2) is 0 Å². The highest BCUT2D eigenvalue weighted by molar-refractivity contribution is 6.24. The van der Waals surface area contributed by atoms with E-state index in [1.165, 1.54) is 17.7 Å². The summed E-state index contributed by atoms with van der Waals surface area (Å²) < 4.78 is 0. The maximum Gasteiger partial charge on any atom is 0.269 e. The maximum atomic E-state index is 13.9. The van der Waals surface area contributed by atoms with E-state index in [1.807, 2.05) is 89.2 Å². The molecule has 3 aromatic carbocycles. The number of nitrogens with zero attached hydrogens (tertiary/aromatic N) is 4. The summed E-state index contributed by atoms with van der Waals surface area (Å²) in [5.41, 5.74) is 10.2. The van der Waals surface area contributed by atoms with Crippen molar-refractivity contribution in [3.8, 4) is 0 Å². The summed E-state index contributed by atoms with van der Waals surface area (Å²) >= 11 is 0. The molecule has 0 radical (unpaired) electrons. The smallest absolute Gasteiger partial charge is 0.269 e. The monoisotopic (exact) mass is 629 g/mol. The standard InChI is InChI=1S/C38H39N5O4/c1-23-13-15-28(16-14-23)21-41(6)37(44)32-24(2)35(39-26(32)4)34(30-11-9-8-10-12-30)36-25(3)33(27(5)40-36)38(45)42(7)22-29-17-19-31(20-18-29)43(46)47/h8-20,40H,21-22H2,1-7H3. The molecule has 4 aromatic rings. The van der Waals surface area contributed by atoms with E-state index in [1.54, 1.807) is 36.0 Å². The molecule has 5 rings (SSSR count). The molecule has 0 unspecified atom stereocenters. The van der Waals surface area contributed by atoms with Crippen LogP contribution < -0.4 is 0 Å². The van der Waals surface area contributed by atoms with Gasteiger partial charge in [0.25, 0.3) is 17.5 Å².